The first-order chi connectivity index (χ1) is 8.65. The molecule has 1 fully saturated rings. The molecular formula is C13H18FN3O. The lowest BCUT2D eigenvalue weighted by Crippen LogP contribution is -2.51. The number of rotatable bonds is 3. The maximum Gasteiger partial charge on any atom is 0.238 e. The number of carbonyl (C=O) groups excluding carboxylic acids is 1. The summed E-state index contributed by atoms with van der Waals surface area (Å²) < 4.78 is 12.7. The van der Waals surface area contributed by atoms with Crippen molar-refractivity contribution in [2.75, 3.05) is 31.5 Å². The van der Waals surface area contributed by atoms with Crippen molar-refractivity contribution in [3.05, 3.63) is 30.1 Å². The van der Waals surface area contributed by atoms with Crippen molar-refractivity contribution in [1.29, 1.82) is 0 Å². The molecule has 0 saturated carbocycles. The molecule has 1 heterocycles. The standard InChI is InChI=1S/C13H18FN3O/c1-10-8-15-6-7-17(10)9-13(18)16-12-4-2-11(14)3-5-12/h2-5,10,15H,6-9H2,1H3,(H,16,18)/t10-/m0/s1. The summed E-state index contributed by atoms with van der Waals surface area (Å²) in [6, 6.07) is 6.16. The van der Waals surface area contributed by atoms with Crippen LogP contribution < -0.4 is 10.6 Å². The van der Waals surface area contributed by atoms with Crippen molar-refractivity contribution in [3.8, 4) is 0 Å². The second-order valence-corrected chi connectivity index (χ2v) is 4.58. The Hall–Kier alpha value is -1.46. The van der Waals surface area contributed by atoms with Gasteiger partial charge in [-0.15, -0.1) is 0 Å². The summed E-state index contributed by atoms with van der Waals surface area (Å²) in [5.41, 5.74) is 0.629. The van der Waals surface area contributed by atoms with Crippen molar-refractivity contribution < 1.29 is 9.18 Å². The van der Waals surface area contributed by atoms with Crippen LogP contribution in [0.25, 0.3) is 0 Å². The van der Waals surface area contributed by atoms with Gasteiger partial charge in [0.2, 0.25) is 5.91 Å². The minimum atomic E-state index is -0.302. The van der Waals surface area contributed by atoms with E-state index in [1.165, 1.54) is 12.1 Å². The van der Waals surface area contributed by atoms with Crippen LogP contribution >= 0.6 is 0 Å². The molecule has 0 bridgehead atoms. The van der Waals surface area contributed by atoms with Crippen LogP contribution in [0.1, 0.15) is 6.92 Å². The zero-order valence-electron chi connectivity index (χ0n) is 10.4. The van der Waals surface area contributed by atoms with Gasteiger partial charge >= 0.3 is 0 Å². The average molecular weight is 251 g/mol. The third-order valence-corrected chi connectivity index (χ3v) is 3.11. The van der Waals surface area contributed by atoms with Crippen molar-refractivity contribution >= 4 is 11.6 Å². The number of amides is 1. The van der Waals surface area contributed by atoms with Gasteiger partial charge in [0.25, 0.3) is 0 Å². The fraction of sp³-hybridized carbons (Fsp3) is 0.462. The fourth-order valence-electron chi connectivity index (χ4n) is 2.04. The molecule has 1 aromatic carbocycles. The van der Waals surface area contributed by atoms with Gasteiger partial charge < -0.3 is 10.6 Å². The zero-order valence-corrected chi connectivity index (χ0v) is 10.4. The highest BCUT2D eigenvalue weighted by molar-refractivity contribution is 5.92. The van der Waals surface area contributed by atoms with E-state index < -0.39 is 0 Å². The smallest absolute Gasteiger partial charge is 0.238 e. The van der Waals surface area contributed by atoms with Gasteiger partial charge in [-0.05, 0) is 31.2 Å². The van der Waals surface area contributed by atoms with Crippen LogP contribution in [-0.2, 0) is 4.79 Å². The number of benzene rings is 1. The van der Waals surface area contributed by atoms with Crippen LogP contribution in [0.2, 0.25) is 0 Å². The van der Waals surface area contributed by atoms with Crippen LogP contribution in [-0.4, -0.2) is 43.0 Å². The summed E-state index contributed by atoms with van der Waals surface area (Å²) in [5.74, 6) is -0.362. The third kappa shape index (κ3) is 3.51. The second kappa shape index (κ2) is 5.93. The predicted molar refractivity (Wildman–Crippen MR) is 68.9 cm³/mol. The molecule has 1 amide bonds. The van der Waals surface area contributed by atoms with Crippen molar-refractivity contribution in [2.45, 2.75) is 13.0 Å². The summed E-state index contributed by atoms with van der Waals surface area (Å²) in [5, 5.41) is 6.05. The van der Waals surface area contributed by atoms with Gasteiger partial charge in [-0.2, -0.15) is 0 Å². The number of nitrogens with zero attached hydrogens (tertiary/aromatic N) is 1. The predicted octanol–water partition coefficient (Wildman–Crippen LogP) is 1.06. The molecule has 0 unspecified atom stereocenters. The van der Waals surface area contributed by atoms with Crippen molar-refractivity contribution in [3.63, 3.8) is 0 Å². The van der Waals surface area contributed by atoms with E-state index in [1.807, 2.05) is 0 Å². The fourth-order valence-corrected chi connectivity index (χ4v) is 2.04. The summed E-state index contributed by atoms with van der Waals surface area (Å²) in [6.45, 7) is 5.16. The molecule has 98 valence electrons. The molecule has 0 aromatic heterocycles. The Balaban J connectivity index is 1.86. The molecule has 1 saturated heterocycles. The van der Waals surface area contributed by atoms with E-state index in [-0.39, 0.29) is 11.7 Å². The zero-order chi connectivity index (χ0) is 13.0. The average Bonchev–Trinajstić information content (AvgIpc) is 2.35. The van der Waals surface area contributed by atoms with E-state index in [2.05, 4.69) is 22.5 Å². The Labute approximate surface area is 106 Å². The molecule has 1 atom stereocenters. The van der Waals surface area contributed by atoms with Crippen LogP contribution in [0.5, 0.6) is 0 Å². The van der Waals surface area contributed by atoms with Crippen LogP contribution in [0.4, 0.5) is 10.1 Å². The van der Waals surface area contributed by atoms with Crippen LogP contribution in [0, 0.1) is 5.82 Å². The number of halogens is 1. The van der Waals surface area contributed by atoms with Gasteiger partial charge in [0.05, 0.1) is 6.54 Å². The minimum Gasteiger partial charge on any atom is -0.325 e. The Kier molecular flexibility index (Phi) is 4.28. The van der Waals surface area contributed by atoms with Gasteiger partial charge in [0.1, 0.15) is 5.82 Å². The number of anilines is 1. The molecule has 2 rings (SSSR count). The topological polar surface area (TPSA) is 44.4 Å². The summed E-state index contributed by atoms with van der Waals surface area (Å²) in [4.78, 5) is 14.0. The van der Waals surface area contributed by atoms with E-state index in [4.69, 9.17) is 0 Å². The minimum absolute atomic E-state index is 0.0599. The SMILES string of the molecule is C[C@H]1CNCCN1CC(=O)Nc1ccc(F)cc1. The second-order valence-electron chi connectivity index (χ2n) is 4.58. The van der Waals surface area contributed by atoms with E-state index in [1.54, 1.807) is 12.1 Å². The Morgan fingerprint density at radius 1 is 1.50 bits per heavy atom. The molecule has 4 nitrogen and oxygen atoms in total. The molecule has 1 aliphatic rings. The molecule has 0 radical (unpaired) electrons. The first-order valence-electron chi connectivity index (χ1n) is 6.15. The maximum absolute atomic E-state index is 12.7. The van der Waals surface area contributed by atoms with E-state index >= 15 is 0 Å². The van der Waals surface area contributed by atoms with Gasteiger partial charge in [-0.1, -0.05) is 0 Å². The highest BCUT2D eigenvalue weighted by atomic mass is 19.1. The Morgan fingerprint density at radius 2 is 2.22 bits per heavy atom. The normalized spacial score (nSPS) is 20.7. The Bertz CT molecular complexity index is 407. The van der Waals surface area contributed by atoms with Gasteiger partial charge in [-0.3, -0.25) is 9.69 Å². The lowest BCUT2D eigenvalue weighted by atomic mass is 10.2. The number of hydrogen-bond acceptors (Lipinski definition) is 3. The number of carbonyl (C=O) groups is 1. The number of nitrogens with one attached hydrogen (secondary N) is 2. The largest absolute Gasteiger partial charge is 0.325 e. The van der Waals surface area contributed by atoms with Crippen LogP contribution in [0.3, 0.4) is 0 Å². The van der Waals surface area contributed by atoms with Gasteiger partial charge in [0, 0.05) is 31.4 Å². The molecular weight excluding hydrogens is 233 g/mol. The summed E-state index contributed by atoms with van der Waals surface area (Å²) >= 11 is 0. The molecule has 0 spiro atoms. The van der Waals surface area contributed by atoms with Crippen LogP contribution in [0.15, 0.2) is 24.3 Å². The molecule has 2 N–H and O–H groups in total. The maximum atomic E-state index is 12.7. The molecule has 5 heteroatoms. The summed E-state index contributed by atoms with van der Waals surface area (Å²) in [6.07, 6.45) is 0. The number of piperazine rings is 1. The molecule has 18 heavy (non-hydrogen) atoms. The first kappa shape index (κ1) is 13.0. The van der Waals surface area contributed by atoms with Gasteiger partial charge in [0.15, 0.2) is 0 Å². The highest BCUT2D eigenvalue weighted by Crippen LogP contribution is 2.09. The quantitative estimate of drug-likeness (QED) is 0.844. The number of hydrogen-bond donors (Lipinski definition) is 2. The van der Waals surface area contributed by atoms with Gasteiger partial charge in [-0.25, -0.2) is 4.39 Å². The highest BCUT2D eigenvalue weighted by Gasteiger charge is 2.20. The van der Waals surface area contributed by atoms with Crippen molar-refractivity contribution in [1.82, 2.24) is 10.2 Å². The molecule has 1 aromatic rings. The molecule has 0 aliphatic carbocycles. The lowest BCUT2D eigenvalue weighted by molar-refractivity contribution is -0.118. The first-order valence-corrected chi connectivity index (χ1v) is 6.15. The molecule has 1 aliphatic heterocycles. The lowest BCUT2D eigenvalue weighted by Gasteiger charge is -2.33. The van der Waals surface area contributed by atoms with E-state index in [9.17, 15) is 9.18 Å². The van der Waals surface area contributed by atoms with Crippen molar-refractivity contribution in [2.24, 2.45) is 0 Å². The van der Waals surface area contributed by atoms with E-state index in [0.717, 1.165) is 19.6 Å². The third-order valence-electron chi connectivity index (χ3n) is 3.11. The summed E-state index contributed by atoms with van der Waals surface area (Å²) in [7, 11) is 0. The van der Waals surface area contributed by atoms with E-state index in [0.29, 0.717) is 18.3 Å². The Morgan fingerprint density at radius 3 is 2.89 bits per heavy atom. The monoisotopic (exact) mass is 251 g/mol.